The second-order valence-corrected chi connectivity index (χ2v) is 8.62. The van der Waals surface area contributed by atoms with Crippen molar-refractivity contribution in [3.8, 4) is 11.5 Å². The average molecular weight is 452 g/mol. The summed E-state index contributed by atoms with van der Waals surface area (Å²) < 4.78 is 11.0. The first-order chi connectivity index (χ1) is 15.9. The zero-order valence-corrected chi connectivity index (χ0v) is 19.0. The number of methoxy groups -OCH3 is 1. The third kappa shape index (κ3) is 4.79. The number of nitrogens with one attached hydrogen (secondary N) is 1. The van der Waals surface area contributed by atoms with E-state index in [-0.39, 0.29) is 12.5 Å². The molecule has 2 aromatic carbocycles. The van der Waals surface area contributed by atoms with E-state index in [4.69, 9.17) is 9.47 Å². The van der Waals surface area contributed by atoms with E-state index in [2.05, 4.69) is 5.32 Å². The largest absolute Gasteiger partial charge is 0.497 e. The van der Waals surface area contributed by atoms with Crippen molar-refractivity contribution in [1.82, 2.24) is 15.1 Å². The van der Waals surface area contributed by atoms with Crippen molar-refractivity contribution in [2.24, 2.45) is 5.92 Å². The van der Waals surface area contributed by atoms with Gasteiger partial charge in [-0.05, 0) is 55.5 Å². The molecule has 1 unspecified atom stereocenters. The number of hydrogen-bond donors (Lipinski definition) is 1. The lowest BCUT2D eigenvalue weighted by Gasteiger charge is -2.32. The number of ether oxygens (including phenoxy) is 2. The molecule has 0 aliphatic carbocycles. The third-order valence-electron chi connectivity index (χ3n) is 6.43. The molecule has 1 N–H and O–H groups in total. The van der Waals surface area contributed by atoms with Gasteiger partial charge in [-0.3, -0.25) is 14.5 Å². The van der Waals surface area contributed by atoms with E-state index in [1.54, 1.807) is 43.2 Å². The molecule has 2 fully saturated rings. The number of amides is 4. The average Bonchev–Trinajstić information content (AvgIpc) is 3.07. The van der Waals surface area contributed by atoms with Gasteiger partial charge in [0.25, 0.3) is 5.91 Å². The number of urea groups is 1. The first-order valence-corrected chi connectivity index (χ1v) is 11.1. The fraction of sp³-hybridized carbons (Fsp3) is 0.400. The highest BCUT2D eigenvalue weighted by Crippen LogP contribution is 2.30. The van der Waals surface area contributed by atoms with Crippen LogP contribution in [0.25, 0.3) is 0 Å². The molecule has 4 rings (SSSR count). The van der Waals surface area contributed by atoms with E-state index in [1.807, 2.05) is 30.3 Å². The molecule has 0 spiro atoms. The van der Waals surface area contributed by atoms with Crippen molar-refractivity contribution in [2.45, 2.75) is 25.3 Å². The lowest BCUT2D eigenvalue weighted by molar-refractivity contribution is -0.139. The smallest absolute Gasteiger partial charge is 0.325 e. The van der Waals surface area contributed by atoms with Crippen LogP contribution in [0.15, 0.2) is 54.6 Å². The summed E-state index contributed by atoms with van der Waals surface area (Å²) >= 11 is 0. The van der Waals surface area contributed by atoms with Gasteiger partial charge in [-0.2, -0.15) is 0 Å². The minimum atomic E-state index is -1.22. The standard InChI is InChI=1S/C25H29N3O5/c1-25(19-8-10-20(32-2)11-9-19)23(30)28(24(31)26-25)16-22(29)27-14-12-18(13-15-27)17-33-21-6-4-3-5-7-21/h3-11,18H,12-17H2,1-2H3,(H,26,31). The predicted molar refractivity (Wildman–Crippen MR) is 122 cm³/mol. The number of likely N-dealkylation sites (tertiary alicyclic amines) is 1. The molecule has 2 saturated heterocycles. The van der Waals surface area contributed by atoms with E-state index >= 15 is 0 Å². The molecular formula is C25H29N3O5. The van der Waals surface area contributed by atoms with Crippen LogP contribution in [-0.4, -0.2) is 61.0 Å². The highest BCUT2D eigenvalue weighted by Gasteiger charge is 2.49. The van der Waals surface area contributed by atoms with Crippen LogP contribution in [0.1, 0.15) is 25.3 Å². The Morgan fingerprint density at radius 1 is 1.03 bits per heavy atom. The molecule has 0 aromatic heterocycles. The van der Waals surface area contributed by atoms with Gasteiger partial charge in [-0.25, -0.2) is 4.79 Å². The van der Waals surface area contributed by atoms with E-state index in [0.717, 1.165) is 23.5 Å². The van der Waals surface area contributed by atoms with Crippen molar-refractivity contribution >= 4 is 17.8 Å². The Labute approximate surface area is 193 Å². The van der Waals surface area contributed by atoms with Crippen molar-refractivity contribution < 1.29 is 23.9 Å². The maximum Gasteiger partial charge on any atom is 0.325 e. The minimum Gasteiger partial charge on any atom is -0.497 e. The number of benzene rings is 2. The molecule has 2 heterocycles. The van der Waals surface area contributed by atoms with Gasteiger partial charge in [0.1, 0.15) is 23.6 Å². The van der Waals surface area contributed by atoms with Crippen molar-refractivity contribution in [2.75, 3.05) is 33.4 Å². The Kier molecular flexibility index (Phi) is 6.53. The van der Waals surface area contributed by atoms with Gasteiger partial charge in [-0.15, -0.1) is 0 Å². The maximum atomic E-state index is 13.1. The Hall–Kier alpha value is -3.55. The molecule has 0 bridgehead atoms. The molecule has 2 aliphatic rings. The second kappa shape index (κ2) is 9.52. The number of nitrogens with zero attached hydrogens (tertiary/aromatic N) is 2. The van der Waals surface area contributed by atoms with Crippen molar-refractivity contribution in [3.63, 3.8) is 0 Å². The minimum absolute atomic E-state index is 0.222. The zero-order chi connectivity index (χ0) is 23.4. The SMILES string of the molecule is COc1ccc(C2(C)NC(=O)N(CC(=O)N3CCC(COc4ccccc4)CC3)C2=O)cc1. The summed E-state index contributed by atoms with van der Waals surface area (Å²) in [5, 5.41) is 2.74. The second-order valence-electron chi connectivity index (χ2n) is 8.62. The van der Waals surface area contributed by atoms with Crippen molar-refractivity contribution in [1.29, 1.82) is 0 Å². The number of rotatable bonds is 7. The molecule has 8 heteroatoms. The number of carbonyl (C=O) groups excluding carboxylic acids is 3. The molecular weight excluding hydrogens is 422 g/mol. The molecule has 4 amide bonds. The van der Waals surface area contributed by atoms with Crippen LogP contribution < -0.4 is 14.8 Å². The normalized spacial score (nSPS) is 21.2. The highest BCUT2D eigenvalue weighted by atomic mass is 16.5. The molecule has 33 heavy (non-hydrogen) atoms. The first-order valence-electron chi connectivity index (χ1n) is 11.1. The lowest BCUT2D eigenvalue weighted by atomic mass is 9.92. The number of para-hydroxylation sites is 1. The molecule has 2 aromatic rings. The Morgan fingerprint density at radius 2 is 1.70 bits per heavy atom. The van der Waals surface area contributed by atoms with Crippen LogP contribution in [0.4, 0.5) is 4.79 Å². The zero-order valence-electron chi connectivity index (χ0n) is 19.0. The summed E-state index contributed by atoms with van der Waals surface area (Å²) in [5.74, 6) is 1.21. The monoisotopic (exact) mass is 451 g/mol. The number of imide groups is 1. The van der Waals surface area contributed by atoms with Crippen LogP contribution >= 0.6 is 0 Å². The summed E-state index contributed by atoms with van der Waals surface area (Å²) in [6.07, 6.45) is 1.64. The molecule has 2 aliphatic heterocycles. The predicted octanol–water partition coefficient (Wildman–Crippen LogP) is 2.78. The molecule has 8 nitrogen and oxygen atoms in total. The van der Waals surface area contributed by atoms with Crippen LogP contribution in [0.5, 0.6) is 11.5 Å². The first kappa shape index (κ1) is 22.6. The van der Waals surface area contributed by atoms with E-state index < -0.39 is 17.5 Å². The molecule has 0 radical (unpaired) electrons. The number of hydrogen-bond acceptors (Lipinski definition) is 5. The van der Waals surface area contributed by atoms with Crippen LogP contribution in [0, 0.1) is 5.92 Å². The van der Waals surface area contributed by atoms with E-state index in [1.165, 1.54) is 0 Å². The molecule has 0 saturated carbocycles. The quantitative estimate of drug-likeness (QED) is 0.654. The lowest BCUT2D eigenvalue weighted by Crippen LogP contribution is -2.47. The fourth-order valence-electron chi connectivity index (χ4n) is 4.28. The van der Waals surface area contributed by atoms with Crippen molar-refractivity contribution in [3.05, 3.63) is 60.2 Å². The Morgan fingerprint density at radius 3 is 2.33 bits per heavy atom. The Bertz CT molecular complexity index is 1000. The van der Waals surface area contributed by atoms with Gasteiger partial charge in [0.05, 0.1) is 13.7 Å². The summed E-state index contributed by atoms with van der Waals surface area (Å²) in [7, 11) is 1.56. The number of carbonyl (C=O) groups is 3. The topological polar surface area (TPSA) is 88.2 Å². The molecule has 1 atom stereocenters. The third-order valence-corrected chi connectivity index (χ3v) is 6.43. The summed E-state index contributed by atoms with van der Waals surface area (Å²) in [5.41, 5.74) is -0.582. The van der Waals surface area contributed by atoms with Gasteiger partial charge in [-0.1, -0.05) is 30.3 Å². The summed E-state index contributed by atoms with van der Waals surface area (Å²) in [6, 6.07) is 16.1. The van der Waals surface area contributed by atoms with Crippen LogP contribution in [0.3, 0.4) is 0 Å². The van der Waals surface area contributed by atoms with E-state index in [0.29, 0.717) is 36.9 Å². The van der Waals surface area contributed by atoms with Crippen LogP contribution in [-0.2, 0) is 15.1 Å². The van der Waals surface area contributed by atoms with Gasteiger partial charge >= 0.3 is 6.03 Å². The molecule has 174 valence electrons. The van der Waals surface area contributed by atoms with Gasteiger partial charge in [0.2, 0.25) is 5.91 Å². The maximum absolute atomic E-state index is 13.1. The van der Waals surface area contributed by atoms with E-state index in [9.17, 15) is 14.4 Å². The summed E-state index contributed by atoms with van der Waals surface area (Å²) in [6.45, 7) is 3.17. The highest BCUT2D eigenvalue weighted by molar-refractivity contribution is 6.09. The van der Waals surface area contributed by atoms with Crippen LogP contribution in [0.2, 0.25) is 0 Å². The van der Waals surface area contributed by atoms with Gasteiger partial charge in [0.15, 0.2) is 0 Å². The Balaban J connectivity index is 1.31. The summed E-state index contributed by atoms with van der Waals surface area (Å²) in [4.78, 5) is 41.3. The van der Waals surface area contributed by atoms with Gasteiger partial charge < -0.3 is 19.7 Å². The number of piperidine rings is 1. The van der Waals surface area contributed by atoms with Gasteiger partial charge in [0, 0.05) is 13.1 Å². The fourth-order valence-corrected chi connectivity index (χ4v) is 4.28.